The first-order chi connectivity index (χ1) is 9.85. The summed E-state index contributed by atoms with van der Waals surface area (Å²) in [5.74, 6) is -1.86. The molecule has 0 aliphatic rings. The van der Waals surface area contributed by atoms with Crippen molar-refractivity contribution in [3.63, 3.8) is 0 Å². The Morgan fingerprint density at radius 2 is 2.05 bits per heavy atom. The van der Waals surface area contributed by atoms with Crippen LogP contribution in [0.2, 0.25) is 0 Å². The molecular weight excluding hydrogens is 338 g/mol. The summed E-state index contributed by atoms with van der Waals surface area (Å²) in [6.45, 7) is 0. The maximum Gasteiger partial charge on any atom is 0.350 e. The van der Waals surface area contributed by atoms with Gasteiger partial charge < -0.3 is 9.84 Å². The van der Waals surface area contributed by atoms with Crippen LogP contribution in [0.5, 0.6) is 0 Å². The first-order valence-electron chi connectivity index (χ1n) is 5.35. The number of ether oxygens (including phenoxy) is 1. The van der Waals surface area contributed by atoms with Crippen molar-refractivity contribution < 1.29 is 27.9 Å². The van der Waals surface area contributed by atoms with Crippen LogP contribution in [0.1, 0.15) is 20.0 Å². The summed E-state index contributed by atoms with van der Waals surface area (Å²) in [7, 11) is -2.76. The summed E-state index contributed by atoms with van der Waals surface area (Å²) in [6, 6.07) is 2.49. The van der Waals surface area contributed by atoms with E-state index in [1.54, 1.807) is 5.38 Å². The molecule has 0 fully saturated rings. The predicted molar refractivity (Wildman–Crippen MR) is 77.7 cm³/mol. The highest BCUT2D eigenvalue weighted by atomic mass is 32.2. The van der Waals surface area contributed by atoms with Gasteiger partial charge in [0.05, 0.1) is 18.4 Å². The molecule has 0 aliphatic carbocycles. The minimum absolute atomic E-state index is 0.0946. The first-order valence-corrected chi connectivity index (χ1v) is 8.60. The molecule has 7 nitrogen and oxygen atoms in total. The molecule has 0 aliphatic heterocycles. The molecule has 0 amide bonds. The zero-order valence-corrected chi connectivity index (χ0v) is 13.0. The lowest BCUT2D eigenvalue weighted by molar-refractivity contribution is 0.0606. The highest BCUT2D eigenvalue weighted by Crippen LogP contribution is 2.28. The Morgan fingerprint density at radius 1 is 1.33 bits per heavy atom. The molecule has 0 bridgehead atoms. The fourth-order valence-corrected chi connectivity index (χ4v) is 4.46. The Hall–Kier alpha value is -1.91. The van der Waals surface area contributed by atoms with Crippen molar-refractivity contribution in [1.82, 2.24) is 0 Å². The van der Waals surface area contributed by atoms with E-state index < -0.39 is 22.0 Å². The average Bonchev–Trinajstić information content (AvgIpc) is 3.05. The van der Waals surface area contributed by atoms with Crippen molar-refractivity contribution in [3.8, 4) is 0 Å². The lowest BCUT2D eigenvalue weighted by Gasteiger charge is -2.06. The molecule has 2 aromatic rings. The van der Waals surface area contributed by atoms with Gasteiger partial charge >= 0.3 is 11.9 Å². The van der Waals surface area contributed by atoms with Crippen molar-refractivity contribution in [2.45, 2.75) is 4.21 Å². The Kier molecular flexibility index (Phi) is 4.30. The Balaban J connectivity index is 2.31. The number of thiophene rings is 2. The van der Waals surface area contributed by atoms with E-state index in [1.165, 1.54) is 18.6 Å². The standard InChI is InChI=1S/C11H9NO6S3/c1-18-11(15)9-7(2-3-19-9)12-21(16,17)8-4-6(5-20-8)10(13)14/h2-5,12H,1H3,(H,13,14). The summed E-state index contributed by atoms with van der Waals surface area (Å²) < 4.78 is 31.0. The van der Waals surface area contributed by atoms with E-state index in [4.69, 9.17) is 5.11 Å². The van der Waals surface area contributed by atoms with Crippen molar-refractivity contribution in [3.05, 3.63) is 33.3 Å². The zero-order valence-electron chi connectivity index (χ0n) is 10.5. The fourth-order valence-electron chi connectivity index (χ4n) is 1.41. The monoisotopic (exact) mass is 347 g/mol. The molecule has 21 heavy (non-hydrogen) atoms. The fraction of sp³-hybridized carbons (Fsp3) is 0.0909. The van der Waals surface area contributed by atoms with E-state index >= 15 is 0 Å². The van der Waals surface area contributed by atoms with Gasteiger partial charge in [-0.2, -0.15) is 0 Å². The van der Waals surface area contributed by atoms with Crippen LogP contribution in [0.15, 0.2) is 27.1 Å². The number of aromatic carboxylic acids is 1. The van der Waals surface area contributed by atoms with Crippen molar-refractivity contribution >= 4 is 50.3 Å². The van der Waals surface area contributed by atoms with Gasteiger partial charge in [0.2, 0.25) is 0 Å². The molecule has 2 aromatic heterocycles. The number of carboxylic acid groups (broad SMARTS) is 1. The van der Waals surface area contributed by atoms with Crippen LogP contribution in [-0.4, -0.2) is 32.6 Å². The zero-order chi connectivity index (χ0) is 15.6. The number of nitrogens with one attached hydrogen (secondary N) is 1. The minimum Gasteiger partial charge on any atom is -0.478 e. The van der Waals surface area contributed by atoms with Gasteiger partial charge in [0.25, 0.3) is 10.0 Å². The molecule has 10 heteroatoms. The summed E-state index contributed by atoms with van der Waals surface area (Å²) in [5, 5.41) is 11.6. The van der Waals surface area contributed by atoms with Crippen LogP contribution in [0, 0.1) is 0 Å². The van der Waals surface area contributed by atoms with Gasteiger partial charge in [0.15, 0.2) is 0 Å². The number of rotatable bonds is 5. The number of carbonyl (C=O) groups is 2. The van der Waals surface area contributed by atoms with Crippen LogP contribution >= 0.6 is 22.7 Å². The second kappa shape index (κ2) is 5.84. The van der Waals surface area contributed by atoms with E-state index in [0.717, 1.165) is 28.7 Å². The van der Waals surface area contributed by atoms with E-state index in [0.29, 0.717) is 0 Å². The number of hydrogen-bond acceptors (Lipinski definition) is 7. The number of anilines is 1. The normalized spacial score (nSPS) is 11.1. The molecule has 112 valence electrons. The topological polar surface area (TPSA) is 110 Å². The van der Waals surface area contributed by atoms with Crippen LogP contribution in [-0.2, 0) is 14.8 Å². The Bertz CT molecular complexity index is 788. The van der Waals surface area contributed by atoms with Gasteiger partial charge in [-0.25, -0.2) is 18.0 Å². The first kappa shape index (κ1) is 15.5. The average molecular weight is 347 g/mol. The smallest absolute Gasteiger partial charge is 0.350 e. The highest BCUT2D eigenvalue weighted by molar-refractivity contribution is 7.94. The van der Waals surface area contributed by atoms with Gasteiger partial charge in [-0.05, 0) is 17.5 Å². The summed E-state index contributed by atoms with van der Waals surface area (Å²) >= 11 is 1.82. The van der Waals surface area contributed by atoms with Gasteiger partial charge in [-0.1, -0.05) is 0 Å². The summed E-state index contributed by atoms with van der Waals surface area (Å²) in [6.07, 6.45) is 0. The third kappa shape index (κ3) is 3.23. The third-order valence-electron chi connectivity index (χ3n) is 2.37. The number of sulfonamides is 1. The molecular formula is C11H9NO6S3. The highest BCUT2D eigenvalue weighted by Gasteiger charge is 2.22. The van der Waals surface area contributed by atoms with Crippen LogP contribution in [0.25, 0.3) is 0 Å². The van der Waals surface area contributed by atoms with E-state index in [1.807, 2.05) is 0 Å². The van der Waals surface area contributed by atoms with Gasteiger partial charge in [0, 0.05) is 5.38 Å². The Morgan fingerprint density at radius 3 is 2.62 bits per heavy atom. The largest absolute Gasteiger partial charge is 0.478 e. The molecule has 0 saturated carbocycles. The van der Waals surface area contributed by atoms with Crippen LogP contribution in [0.3, 0.4) is 0 Å². The molecule has 0 unspecified atom stereocenters. The van der Waals surface area contributed by atoms with Gasteiger partial charge in [-0.15, -0.1) is 22.7 Å². The molecule has 0 atom stereocenters. The van der Waals surface area contributed by atoms with E-state index in [9.17, 15) is 18.0 Å². The maximum atomic E-state index is 12.2. The Labute approximate surface area is 127 Å². The van der Waals surface area contributed by atoms with Crippen molar-refractivity contribution in [2.75, 3.05) is 11.8 Å². The van der Waals surface area contributed by atoms with Gasteiger partial charge in [0.1, 0.15) is 9.09 Å². The second-order valence-electron chi connectivity index (χ2n) is 3.72. The summed E-state index contributed by atoms with van der Waals surface area (Å²) in [4.78, 5) is 22.4. The minimum atomic E-state index is -3.96. The SMILES string of the molecule is COC(=O)c1sccc1NS(=O)(=O)c1cc(C(=O)O)cs1. The molecule has 2 heterocycles. The third-order valence-corrected chi connectivity index (χ3v) is 6.07. The lowest BCUT2D eigenvalue weighted by atomic mass is 10.4. The van der Waals surface area contributed by atoms with E-state index in [2.05, 4.69) is 9.46 Å². The lowest BCUT2D eigenvalue weighted by Crippen LogP contribution is -2.13. The van der Waals surface area contributed by atoms with Crippen molar-refractivity contribution in [2.24, 2.45) is 0 Å². The molecule has 2 rings (SSSR count). The van der Waals surface area contributed by atoms with E-state index in [-0.39, 0.29) is 20.3 Å². The number of hydrogen-bond donors (Lipinski definition) is 2. The molecule has 0 aromatic carbocycles. The number of carboxylic acids is 1. The van der Waals surface area contributed by atoms with Gasteiger partial charge in [-0.3, -0.25) is 4.72 Å². The quantitative estimate of drug-likeness (QED) is 0.802. The molecule has 2 N–H and O–H groups in total. The summed E-state index contributed by atoms with van der Waals surface area (Å²) in [5.41, 5.74) is -0.0176. The molecule has 0 saturated heterocycles. The molecule has 0 radical (unpaired) electrons. The molecule has 0 spiro atoms. The van der Waals surface area contributed by atoms with Crippen LogP contribution < -0.4 is 4.72 Å². The van der Waals surface area contributed by atoms with Crippen molar-refractivity contribution in [1.29, 1.82) is 0 Å². The maximum absolute atomic E-state index is 12.2. The predicted octanol–water partition coefficient (Wildman–Crippen LogP) is 2.10. The number of esters is 1. The number of carbonyl (C=O) groups excluding carboxylic acids is 1. The number of methoxy groups -OCH3 is 1. The van der Waals surface area contributed by atoms with Crippen LogP contribution in [0.4, 0.5) is 5.69 Å². The second-order valence-corrected chi connectivity index (χ2v) is 7.46.